The molecule has 0 aliphatic carbocycles. The van der Waals surface area contributed by atoms with E-state index in [1.807, 2.05) is 6.07 Å². The van der Waals surface area contributed by atoms with Crippen LogP contribution in [0.3, 0.4) is 0 Å². The van der Waals surface area contributed by atoms with Gasteiger partial charge in [-0.25, -0.2) is 10.4 Å². The summed E-state index contributed by atoms with van der Waals surface area (Å²) in [5.41, 5.74) is 10.6. The van der Waals surface area contributed by atoms with Crippen LogP contribution in [-0.2, 0) is 0 Å². The van der Waals surface area contributed by atoms with E-state index in [4.69, 9.17) is 5.73 Å². The van der Waals surface area contributed by atoms with Crippen molar-refractivity contribution in [3.63, 3.8) is 0 Å². The molecule has 1 heterocycles. The number of halogens is 1. The van der Waals surface area contributed by atoms with Crippen molar-refractivity contribution in [3.8, 4) is 0 Å². The standard InChI is InChI=1S/C13H20BrN3/c14-12-6-4-5-11(9-12)13(10-15)16-17-7-2-1-3-8-17/h4-6,9,13,16H,1-3,7-8,10,15H2. The quantitative estimate of drug-likeness (QED) is 0.897. The number of benzene rings is 1. The first-order valence-electron chi connectivity index (χ1n) is 6.26. The molecule has 4 heteroatoms. The Labute approximate surface area is 111 Å². The molecule has 1 aromatic rings. The summed E-state index contributed by atoms with van der Waals surface area (Å²) in [6, 6.07) is 8.57. The third-order valence-electron chi connectivity index (χ3n) is 3.18. The first-order chi connectivity index (χ1) is 8.29. The summed E-state index contributed by atoms with van der Waals surface area (Å²) in [7, 11) is 0. The van der Waals surface area contributed by atoms with Gasteiger partial charge in [0.2, 0.25) is 0 Å². The van der Waals surface area contributed by atoms with Crippen molar-refractivity contribution in [2.75, 3.05) is 19.6 Å². The Balaban J connectivity index is 2.00. The molecule has 1 aromatic carbocycles. The van der Waals surface area contributed by atoms with E-state index in [9.17, 15) is 0 Å². The van der Waals surface area contributed by atoms with E-state index in [2.05, 4.69) is 44.6 Å². The van der Waals surface area contributed by atoms with Gasteiger partial charge >= 0.3 is 0 Å². The number of rotatable bonds is 4. The highest BCUT2D eigenvalue weighted by Crippen LogP contribution is 2.18. The van der Waals surface area contributed by atoms with Crippen LogP contribution in [0.2, 0.25) is 0 Å². The maximum Gasteiger partial charge on any atom is 0.0587 e. The smallest absolute Gasteiger partial charge is 0.0587 e. The van der Waals surface area contributed by atoms with E-state index in [0.29, 0.717) is 6.54 Å². The van der Waals surface area contributed by atoms with E-state index < -0.39 is 0 Å². The fraction of sp³-hybridized carbons (Fsp3) is 0.538. The lowest BCUT2D eigenvalue weighted by Gasteiger charge is -2.31. The molecular formula is C13H20BrN3. The van der Waals surface area contributed by atoms with E-state index in [1.54, 1.807) is 0 Å². The van der Waals surface area contributed by atoms with Gasteiger partial charge < -0.3 is 5.73 Å². The molecule has 0 aromatic heterocycles. The number of nitrogens with two attached hydrogens (primary N) is 1. The van der Waals surface area contributed by atoms with Gasteiger partial charge in [-0.1, -0.05) is 34.5 Å². The molecule has 17 heavy (non-hydrogen) atoms. The second-order valence-electron chi connectivity index (χ2n) is 4.52. The average Bonchev–Trinajstić information content (AvgIpc) is 2.37. The number of hydrogen-bond acceptors (Lipinski definition) is 3. The summed E-state index contributed by atoms with van der Waals surface area (Å²) in [5.74, 6) is 0. The molecule has 1 atom stereocenters. The third-order valence-corrected chi connectivity index (χ3v) is 3.67. The minimum absolute atomic E-state index is 0.214. The van der Waals surface area contributed by atoms with Crippen molar-refractivity contribution in [2.45, 2.75) is 25.3 Å². The molecule has 3 N–H and O–H groups in total. The molecule has 0 spiro atoms. The molecule has 0 amide bonds. The fourth-order valence-electron chi connectivity index (χ4n) is 2.23. The van der Waals surface area contributed by atoms with Gasteiger partial charge in [-0.15, -0.1) is 0 Å². The largest absolute Gasteiger partial charge is 0.329 e. The van der Waals surface area contributed by atoms with Crippen molar-refractivity contribution in [3.05, 3.63) is 34.3 Å². The lowest BCUT2D eigenvalue weighted by molar-refractivity contribution is 0.130. The molecule has 3 nitrogen and oxygen atoms in total. The zero-order chi connectivity index (χ0) is 12.1. The average molecular weight is 298 g/mol. The van der Waals surface area contributed by atoms with Gasteiger partial charge in [0.05, 0.1) is 6.04 Å². The van der Waals surface area contributed by atoms with Crippen molar-refractivity contribution in [1.82, 2.24) is 10.4 Å². The summed E-state index contributed by atoms with van der Waals surface area (Å²) < 4.78 is 1.11. The molecule has 2 rings (SSSR count). The number of hydrogen-bond donors (Lipinski definition) is 2. The van der Waals surface area contributed by atoms with Gasteiger partial charge in [0.25, 0.3) is 0 Å². The summed E-state index contributed by atoms with van der Waals surface area (Å²) in [5, 5.41) is 2.31. The van der Waals surface area contributed by atoms with Gasteiger partial charge in [-0.3, -0.25) is 0 Å². The van der Waals surface area contributed by atoms with Gasteiger partial charge in [0.15, 0.2) is 0 Å². The molecule has 1 aliphatic rings. The predicted octanol–water partition coefficient (Wildman–Crippen LogP) is 2.44. The predicted molar refractivity (Wildman–Crippen MR) is 74.5 cm³/mol. The minimum atomic E-state index is 0.214. The summed E-state index contributed by atoms with van der Waals surface area (Å²) in [4.78, 5) is 0. The van der Waals surface area contributed by atoms with Gasteiger partial charge in [-0.05, 0) is 30.5 Å². The van der Waals surface area contributed by atoms with Gasteiger partial charge in [0, 0.05) is 24.1 Å². The second-order valence-corrected chi connectivity index (χ2v) is 5.44. The lowest BCUT2D eigenvalue weighted by atomic mass is 10.1. The highest BCUT2D eigenvalue weighted by molar-refractivity contribution is 9.10. The Kier molecular flexibility index (Phi) is 4.98. The molecular weight excluding hydrogens is 278 g/mol. The van der Waals surface area contributed by atoms with E-state index >= 15 is 0 Å². The van der Waals surface area contributed by atoms with Crippen LogP contribution in [0.1, 0.15) is 30.9 Å². The molecule has 1 aliphatic heterocycles. The highest BCUT2D eigenvalue weighted by Gasteiger charge is 2.15. The van der Waals surface area contributed by atoms with Crippen LogP contribution < -0.4 is 11.2 Å². The van der Waals surface area contributed by atoms with Crippen LogP contribution in [0.4, 0.5) is 0 Å². The summed E-state index contributed by atoms with van der Waals surface area (Å²) in [6.07, 6.45) is 3.91. The molecule has 94 valence electrons. The van der Waals surface area contributed by atoms with Crippen LogP contribution in [0.5, 0.6) is 0 Å². The SMILES string of the molecule is NCC(NN1CCCCC1)c1cccc(Br)c1. The molecule has 1 unspecified atom stereocenters. The number of piperidine rings is 1. The van der Waals surface area contributed by atoms with Crippen molar-refractivity contribution >= 4 is 15.9 Å². The minimum Gasteiger partial charge on any atom is -0.329 e. The zero-order valence-corrected chi connectivity index (χ0v) is 11.6. The molecule has 0 saturated carbocycles. The van der Waals surface area contributed by atoms with E-state index in [1.165, 1.54) is 24.8 Å². The van der Waals surface area contributed by atoms with E-state index in [-0.39, 0.29) is 6.04 Å². The van der Waals surface area contributed by atoms with Gasteiger partial charge in [0.1, 0.15) is 0 Å². The topological polar surface area (TPSA) is 41.3 Å². The molecule has 0 bridgehead atoms. The van der Waals surface area contributed by atoms with Crippen LogP contribution in [0, 0.1) is 0 Å². The molecule has 1 saturated heterocycles. The van der Waals surface area contributed by atoms with Crippen molar-refractivity contribution in [1.29, 1.82) is 0 Å². The Hall–Kier alpha value is -0.420. The fourth-order valence-corrected chi connectivity index (χ4v) is 2.65. The van der Waals surface area contributed by atoms with Crippen LogP contribution in [-0.4, -0.2) is 24.6 Å². The van der Waals surface area contributed by atoms with Crippen molar-refractivity contribution in [2.24, 2.45) is 5.73 Å². The lowest BCUT2D eigenvalue weighted by Crippen LogP contribution is -2.45. The Bertz CT molecular complexity index is 350. The zero-order valence-electron chi connectivity index (χ0n) is 10.0. The maximum absolute atomic E-state index is 5.87. The number of nitrogens with zero attached hydrogens (tertiary/aromatic N) is 1. The van der Waals surface area contributed by atoms with Crippen LogP contribution in [0.15, 0.2) is 28.7 Å². The summed E-state index contributed by atoms with van der Waals surface area (Å²) >= 11 is 3.50. The molecule has 0 radical (unpaired) electrons. The molecule has 1 fully saturated rings. The second kappa shape index (κ2) is 6.50. The third kappa shape index (κ3) is 3.78. The summed E-state index contributed by atoms with van der Waals surface area (Å²) in [6.45, 7) is 2.88. The number of hydrazine groups is 1. The van der Waals surface area contributed by atoms with Crippen molar-refractivity contribution < 1.29 is 0 Å². The Morgan fingerprint density at radius 3 is 2.71 bits per heavy atom. The highest BCUT2D eigenvalue weighted by atomic mass is 79.9. The first-order valence-corrected chi connectivity index (χ1v) is 7.05. The number of nitrogens with one attached hydrogen (secondary N) is 1. The maximum atomic E-state index is 5.87. The normalized spacial score (nSPS) is 19.2. The van der Waals surface area contributed by atoms with Gasteiger partial charge in [-0.2, -0.15) is 0 Å². The van der Waals surface area contributed by atoms with E-state index in [0.717, 1.165) is 17.6 Å². The Morgan fingerprint density at radius 2 is 2.06 bits per heavy atom. The van der Waals surface area contributed by atoms with Crippen LogP contribution >= 0.6 is 15.9 Å². The first kappa shape index (κ1) is 13.0. The monoisotopic (exact) mass is 297 g/mol. The van der Waals surface area contributed by atoms with Crippen LogP contribution in [0.25, 0.3) is 0 Å². The Morgan fingerprint density at radius 1 is 1.29 bits per heavy atom.